The highest BCUT2D eigenvalue weighted by atomic mass is 19.4. The second-order valence-corrected chi connectivity index (χ2v) is 3.63. The first-order valence-corrected chi connectivity index (χ1v) is 4.83. The molecule has 0 aliphatic rings. The molecule has 0 fully saturated rings. The van der Waals surface area contributed by atoms with Gasteiger partial charge in [-0.1, -0.05) is 12.1 Å². The Labute approximate surface area is 107 Å². The van der Waals surface area contributed by atoms with Gasteiger partial charge in [0.1, 0.15) is 0 Å². The number of nitrogens with zero attached hydrogens (tertiary/aromatic N) is 1. The van der Waals surface area contributed by atoms with E-state index < -0.39 is 34.9 Å². The Morgan fingerprint density at radius 1 is 1.00 bits per heavy atom. The lowest BCUT2D eigenvalue weighted by Crippen LogP contribution is -2.56. The number of carbonyl (C=O) groups is 1. The topological polar surface area (TPSA) is 40.9 Å². The fraction of sp³-hybridized carbons (Fsp3) is 0.273. The van der Waals surface area contributed by atoms with Gasteiger partial charge < -0.3 is 0 Å². The lowest BCUT2D eigenvalue weighted by atomic mass is 9.96. The van der Waals surface area contributed by atoms with Crippen LogP contribution in [-0.4, -0.2) is 23.8 Å². The fourth-order valence-electron chi connectivity index (χ4n) is 1.27. The number of nitriles is 1. The summed E-state index contributed by atoms with van der Waals surface area (Å²) < 4.78 is 87.6. The number of carbonyl (C=O) groups excluding carboxylic acids is 1. The van der Waals surface area contributed by atoms with Crippen molar-refractivity contribution in [3.8, 4) is 6.07 Å². The molecule has 2 nitrogen and oxygen atoms in total. The summed E-state index contributed by atoms with van der Waals surface area (Å²) in [4.78, 5) is 11.3. The van der Waals surface area contributed by atoms with E-state index in [1.54, 1.807) is 0 Å². The van der Waals surface area contributed by atoms with E-state index in [0.29, 0.717) is 6.07 Å². The standard InChI is InChI=1S/C11H4F7NO/c12-9(13,10(14,15)11(16,17)18)8(20)7-4-2-1-3-6(7)5-19/h1-4H. The summed E-state index contributed by atoms with van der Waals surface area (Å²) >= 11 is 0. The summed E-state index contributed by atoms with van der Waals surface area (Å²) in [5.41, 5.74) is -1.93. The summed E-state index contributed by atoms with van der Waals surface area (Å²) in [6, 6.07) is 4.76. The molecule has 0 saturated heterocycles. The van der Waals surface area contributed by atoms with Gasteiger partial charge in [0.2, 0.25) is 5.78 Å². The van der Waals surface area contributed by atoms with Gasteiger partial charge in [0, 0.05) is 5.56 Å². The van der Waals surface area contributed by atoms with E-state index in [-0.39, 0.29) is 0 Å². The third-order valence-electron chi connectivity index (χ3n) is 2.33. The summed E-state index contributed by atoms with van der Waals surface area (Å²) in [6.07, 6.45) is -6.60. The lowest BCUT2D eigenvalue weighted by Gasteiger charge is -2.27. The van der Waals surface area contributed by atoms with Crippen LogP contribution in [0.25, 0.3) is 0 Å². The van der Waals surface area contributed by atoms with Crippen LogP contribution >= 0.6 is 0 Å². The predicted molar refractivity (Wildman–Crippen MR) is 51.4 cm³/mol. The van der Waals surface area contributed by atoms with Crippen LogP contribution in [0, 0.1) is 11.3 Å². The van der Waals surface area contributed by atoms with Gasteiger partial charge in [0.15, 0.2) is 0 Å². The molecule has 0 aliphatic carbocycles. The number of Topliss-reactive ketones (excluding diaryl/α,β-unsaturated/α-hetero) is 1. The van der Waals surface area contributed by atoms with Crippen LogP contribution in [0.5, 0.6) is 0 Å². The molecule has 1 aromatic carbocycles. The van der Waals surface area contributed by atoms with Gasteiger partial charge in [0.25, 0.3) is 0 Å². The van der Waals surface area contributed by atoms with Crippen molar-refractivity contribution in [3.05, 3.63) is 35.4 Å². The molecule has 0 atom stereocenters. The molecule has 9 heteroatoms. The molecule has 0 aromatic heterocycles. The number of hydrogen-bond donors (Lipinski definition) is 0. The SMILES string of the molecule is N#Cc1ccccc1C(=O)C(F)(F)C(F)(F)C(F)(F)F. The van der Waals surface area contributed by atoms with E-state index in [9.17, 15) is 35.5 Å². The lowest BCUT2D eigenvalue weighted by molar-refractivity contribution is -0.339. The maximum Gasteiger partial charge on any atom is 0.460 e. The van der Waals surface area contributed by atoms with Gasteiger partial charge in [-0.25, -0.2) is 0 Å². The zero-order chi connectivity index (χ0) is 15.8. The summed E-state index contributed by atoms with van der Waals surface area (Å²) in [6.45, 7) is 0. The molecular weight excluding hydrogens is 295 g/mol. The first-order chi connectivity index (χ1) is 8.96. The number of halogens is 7. The normalized spacial score (nSPS) is 12.9. The molecule has 20 heavy (non-hydrogen) atoms. The molecule has 0 unspecified atom stereocenters. The minimum Gasteiger partial charge on any atom is -0.287 e. The first kappa shape index (κ1) is 15.9. The first-order valence-electron chi connectivity index (χ1n) is 4.83. The summed E-state index contributed by atoms with van der Waals surface area (Å²) in [5, 5.41) is 8.54. The Balaban J connectivity index is 3.37. The van der Waals surface area contributed by atoms with Crippen LogP contribution in [0.4, 0.5) is 30.7 Å². The monoisotopic (exact) mass is 299 g/mol. The average Bonchev–Trinajstić information content (AvgIpc) is 2.36. The summed E-state index contributed by atoms with van der Waals surface area (Å²) in [7, 11) is 0. The molecule has 108 valence electrons. The molecular formula is C11H4F7NO. The van der Waals surface area contributed by atoms with Crippen LogP contribution in [0.3, 0.4) is 0 Å². The van der Waals surface area contributed by atoms with E-state index in [0.717, 1.165) is 18.2 Å². The largest absolute Gasteiger partial charge is 0.460 e. The minimum absolute atomic E-state index is 0.571. The second kappa shape index (κ2) is 4.77. The van der Waals surface area contributed by atoms with E-state index in [4.69, 9.17) is 5.26 Å². The second-order valence-electron chi connectivity index (χ2n) is 3.63. The zero-order valence-electron chi connectivity index (χ0n) is 9.31. The van der Waals surface area contributed by atoms with Crippen LogP contribution in [0.1, 0.15) is 15.9 Å². The van der Waals surface area contributed by atoms with Crippen LogP contribution in [0.15, 0.2) is 24.3 Å². The van der Waals surface area contributed by atoms with Crippen molar-refractivity contribution < 1.29 is 35.5 Å². The van der Waals surface area contributed by atoms with Gasteiger partial charge in [-0.2, -0.15) is 36.0 Å². The molecule has 0 spiro atoms. The number of alkyl halides is 7. The van der Waals surface area contributed by atoms with Crippen molar-refractivity contribution in [1.29, 1.82) is 5.26 Å². The van der Waals surface area contributed by atoms with E-state index >= 15 is 0 Å². The Hall–Kier alpha value is -2.11. The molecule has 0 heterocycles. The molecule has 1 aromatic rings. The van der Waals surface area contributed by atoms with Gasteiger partial charge in [-0.05, 0) is 12.1 Å². The zero-order valence-corrected chi connectivity index (χ0v) is 9.31. The van der Waals surface area contributed by atoms with Gasteiger partial charge in [-0.3, -0.25) is 4.79 Å². The number of ketones is 1. The maximum absolute atomic E-state index is 13.2. The summed E-state index contributed by atoms with van der Waals surface area (Å²) in [5.74, 6) is -15.3. The molecule has 0 amide bonds. The molecule has 0 bridgehead atoms. The average molecular weight is 299 g/mol. The van der Waals surface area contributed by atoms with Crippen molar-refractivity contribution in [1.82, 2.24) is 0 Å². The van der Waals surface area contributed by atoms with Crippen molar-refractivity contribution >= 4 is 5.78 Å². The highest BCUT2D eigenvalue weighted by molar-refractivity contribution is 6.04. The Kier molecular flexibility index (Phi) is 3.81. The Morgan fingerprint density at radius 3 is 1.95 bits per heavy atom. The quantitative estimate of drug-likeness (QED) is 0.632. The predicted octanol–water partition coefficient (Wildman–Crippen LogP) is 3.57. The van der Waals surface area contributed by atoms with Crippen LogP contribution in [0.2, 0.25) is 0 Å². The number of rotatable bonds is 3. The van der Waals surface area contributed by atoms with Gasteiger partial charge in [-0.15, -0.1) is 0 Å². The molecule has 1 rings (SSSR count). The van der Waals surface area contributed by atoms with Crippen molar-refractivity contribution in [2.45, 2.75) is 18.0 Å². The highest BCUT2D eigenvalue weighted by Gasteiger charge is 2.76. The molecule has 0 saturated carbocycles. The van der Waals surface area contributed by atoms with Crippen molar-refractivity contribution in [3.63, 3.8) is 0 Å². The third kappa shape index (κ3) is 2.33. The smallest absolute Gasteiger partial charge is 0.287 e. The van der Waals surface area contributed by atoms with E-state index in [2.05, 4.69) is 0 Å². The van der Waals surface area contributed by atoms with Crippen molar-refractivity contribution in [2.24, 2.45) is 0 Å². The highest BCUT2D eigenvalue weighted by Crippen LogP contribution is 2.47. The fourth-order valence-corrected chi connectivity index (χ4v) is 1.27. The van der Waals surface area contributed by atoms with E-state index in [1.165, 1.54) is 6.07 Å². The van der Waals surface area contributed by atoms with Crippen LogP contribution < -0.4 is 0 Å². The number of hydrogen-bond acceptors (Lipinski definition) is 2. The minimum atomic E-state index is -6.60. The Morgan fingerprint density at radius 2 is 1.50 bits per heavy atom. The van der Waals surface area contributed by atoms with Crippen LogP contribution in [-0.2, 0) is 0 Å². The van der Waals surface area contributed by atoms with Gasteiger partial charge >= 0.3 is 18.0 Å². The third-order valence-corrected chi connectivity index (χ3v) is 2.33. The molecule has 0 N–H and O–H groups in total. The van der Waals surface area contributed by atoms with Crippen molar-refractivity contribution in [2.75, 3.05) is 0 Å². The maximum atomic E-state index is 13.2. The number of benzene rings is 1. The molecule has 0 aliphatic heterocycles. The molecule has 0 radical (unpaired) electrons. The van der Waals surface area contributed by atoms with Gasteiger partial charge in [0.05, 0.1) is 11.6 Å². The Bertz CT molecular complexity index is 571. The van der Waals surface area contributed by atoms with E-state index in [1.807, 2.05) is 0 Å².